The summed E-state index contributed by atoms with van der Waals surface area (Å²) >= 11 is 0. The number of hydrogen-bond donors (Lipinski definition) is 1. The molecule has 0 unspecified atom stereocenters. The Morgan fingerprint density at radius 1 is 1.13 bits per heavy atom. The minimum atomic E-state index is 0.835. The van der Waals surface area contributed by atoms with Crippen LogP contribution >= 0.6 is 0 Å². The van der Waals surface area contributed by atoms with Crippen molar-refractivity contribution in [2.24, 2.45) is 0 Å². The number of aryl methyl sites for hydroxylation is 1. The number of rotatable bonds is 1. The highest BCUT2D eigenvalue weighted by molar-refractivity contribution is 5.50. The first-order valence-corrected chi connectivity index (χ1v) is 5.84. The van der Waals surface area contributed by atoms with Crippen LogP contribution in [0.15, 0.2) is 0 Å². The van der Waals surface area contributed by atoms with Crippen molar-refractivity contribution in [3.05, 3.63) is 11.3 Å². The number of morpholine rings is 1. The molecule has 1 aromatic heterocycles. The summed E-state index contributed by atoms with van der Waals surface area (Å²) in [5, 5.41) is 7.66. The smallest absolute Gasteiger partial charge is 0.154 e. The van der Waals surface area contributed by atoms with Crippen LogP contribution in [0.1, 0.15) is 24.1 Å². The SMILES string of the molecule is C1CCc2c(N3CCOCC3)n[nH]c2C1. The van der Waals surface area contributed by atoms with Crippen molar-refractivity contribution >= 4 is 5.82 Å². The summed E-state index contributed by atoms with van der Waals surface area (Å²) in [7, 11) is 0. The van der Waals surface area contributed by atoms with Crippen molar-refractivity contribution in [3.8, 4) is 0 Å². The summed E-state index contributed by atoms with van der Waals surface area (Å²) in [6.07, 6.45) is 4.98. The first kappa shape index (κ1) is 9.21. The van der Waals surface area contributed by atoms with Crippen molar-refractivity contribution in [1.29, 1.82) is 0 Å². The van der Waals surface area contributed by atoms with E-state index in [4.69, 9.17) is 4.74 Å². The zero-order chi connectivity index (χ0) is 10.1. The van der Waals surface area contributed by atoms with Gasteiger partial charge in [-0.15, -0.1) is 0 Å². The van der Waals surface area contributed by atoms with E-state index in [9.17, 15) is 0 Å². The maximum absolute atomic E-state index is 5.36. The lowest BCUT2D eigenvalue weighted by molar-refractivity contribution is 0.122. The summed E-state index contributed by atoms with van der Waals surface area (Å²) in [4.78, 5) is 2.35. The number of aromatic nitrogens is 2. The third kappa shape index (κ3) is 1.63. The normalized spacial score (nSPS) is 21.5. The van der Waals surface area contributed by atoms with E-state index in [1.54, 1.807) is 0 Å². The largest absolute Gasteiger partial charge is 0.378 e. The number of nitrogens with zero attached hydrogens (tertiary/aromatic N) is 2. The highest BCUT2D eigenvalue weighted by Crippen LogP contribution is 2.28. The van der Waals surface area contributed by atoms with Crippen molar-refractivity contribution < 1.29 is 4.74 Å². The number of anilines is 1. The average molecular weight is 207 g/mol. The van der Waals surface area contributed by atoms with Gasteiger partial charge < -0.3 is 9.64 Å². The molecule has 1 fully saturated rings. The molecule has 0 amide bonds. The summed E-state index contributed by atoms with van der Waals surface area (Å²) in [5.74, 6) is 1.19. The van der Waals surface area contributed by atoms with Crippen molar-refractivity contribution in [2.45, 2.75) is 25.7 Å². The van der Waals surface area contributed by atoms with Gasteiger partial charge in [0.2, 0.25) is 0 Å². The highest BCUT2D eigenvalue weighted by atomic mass is 16.5. The second-order valence-electron chi connectivity index (χ2n) is 4.31. The van der Waals surface area contributed by atoms with Crippen molar-refractivity contribution in [3.63, 3.8) is 0 Å². The third-order valence-electron chi connectivity index (χ3n) is 3.35. The van der Waals surface area contributed by atoms with E-state index in [1.807, 2.05) is 0 Å². The topological polar surface area (TPSA) is 41.1 Å². The van der Waals surface area contributed by atoms with Gasteiger partial charge in [-0.25, -0.2) is 0 Å². The lowest BCUT2D eigenvalue weighted by atomic mass is 9.97. The van der Waals surface area contributed by atoms with Crippen LogP contribution in [-0.4, -0.2) is 36.5 Å². The van der Waals surface area contributed by atoms with E-state index in [1.165, 1.54) is 42.8 Å². The zero-order valence-corrected chi connectivity index (χ0v) is 8.96. The zero-order valence-electron chi connectivity index (χ0n) is 8.96. The number of H-pyrrole nitrogens is 1. The fourth-order valence-corrected chi connectivity index (χ4v) is 2.50. The van der Waals surface area contributed by atoms with E-state index in [-0.39, 0.29) is 0 Å². The molecule has 1 N–H and O–H groups in total. The summed E-state index contributed by atoms with van der Waals surface area (Å²) < 4.78 is 5.36. The van der Waals surface area contributed by atoms with Crippen LogP contribution in [0.2, 0.25) is 0 Å². The molecule has 0 atom stereocenters. The van der Waals surface area contributed by atoms with Crippen molar-refractivity contribution in [1.82, 2.24) is 10.2 Å². The summed E-state index contributed by atoms with van der Waals surface area (Å²) in [5.41, 5.74) is 2.82. The molecule has 1 aromatic rings. The molecule has 2 heterocycles. The number of ether oxygens (including phenoxy) is 1. The number of fused-ring (bicyclic) bond motifs is 1. The molecule has 0 aromatic carbocycles. The number of hydrogen-bond acceptors (Lipinski definition) is 3. The molecule has 2 aliphatic rings. The molecule has 15 heavy (non-hydrogen) atoms. The molecule has 1 aliphatic carbocycles. The molecule has 1 aliphatic heterocycles. The van der Waals surface area contributed by atoms with Gasteiger partial charge in [-0.3, -0.25) is 5.10 Å². The van der Waals surface area contributed by atoms with Crippen LogP contribution in [0.4, 0.5) is 5.82 Å². The van der Waals surface area contributed by atoms with E-state index in [0.29, 0.717) is 0 Å². The van der Waals surface area contributed by atoms with Gasteiger partial charge >= 0.3 is 0 Å². The molecule has 1 saturated heterocycles. The lowest BCUT2D eigenvalue weighted by Gasteiger charge is -2.28. The molecule has 82 valence electrons. The number of nitrogens with one attached hydrogen (secondary N) is 1. The second-order valence-corrected chi connectivity index (χ2v) is 4.31. The van der Waals surface area contributed by atoms with Crippen LogP contribution in [-0.2, 0) is 17.6 Å². The van der Waals surface area contributed by atoms with Crippen LogP contribution in [0.3, 0.4) is 0 Å². The first-order valence-electron chi connectivity index (χ1n) is 5.84. The fraction of sp³-hybridized carbons (Fsp3) is 0.727. The monoisotopic (exact) mass is 207 g/mol. The molecule has 0 spiro atoms. The van der Waals surface area contributed by atoms with Crippen molar-refractivity contribution in [2.75, 3.05) is 31.2 Å². The Kier molecular flexibility index (Phi) is 2.37. The highest BCUT2D eigenvalue weighted by Gasteiger charge is 2.22. The van der Waals surface area contributed by atoms with Gasteiger partial charge in [0.05, 0.1) is 13.2 Å². The Morgan fingerprint density at radius 3 is 2.80 bits per heavy atom. The van der Waals surface area contributed by atoms with E-state index < -0.39 is 0 Å². The van der Waals surface area contributed by atoms with Gasteiger partial charge in [0.1, 0.15) is 0 Å². The molecule has 4 heteroatoms. The van der Waals surface area contributed by atoms with Gasteiger partial charge in [-0.05, 0) is 25.7 Å². The van der Waals surface area contributed by atoms with Gasteiger partial charge in [0.25, 0.3) is 0 Å². The van der Waals surface area contributed by atoms with Gasteiger partial charge in [0, 0.05) is 24.3 Å². The maximum atomic E-state index is 5.36. The quantitative estimate of drug-likeness (QED) is 0.750. The molecular formula is C11H17N3O. The van der Waals surface area contributed by atoms with Gasteiger partial charge in [-0.2, -0.15) is 5.10 Å². The van der Waals surface area contributed by atoms with E-state index in [2.05, 4.69) is 15.1 Å². The van der Waals surface area contributed by atoms with Gasteiger partial charge in [0.15, 0.2) is 5.82 Å². The van der Waals surface area contributed by atoms with Gasteiger partial charge in [-0.1, -0.05) is 0 Å². The third-order valence-corrected chi connectivity index (χ3v) is 3.35. The minimum Gasteiger partial charge on any atom is -0.378 e. The predicted molar refractivity (Wildman–Crippen MR) is 58.3 cm³/mol. The maximum Gasteiger partial charge on any atom is 0.154 e. The Morgan fingerprint density at radius 2 is 1.93 bits per heavy atom. The first-order chi connectivity index (χ1) is 7.45. The summed E-state index contributed by atoms with van der Waals surface area (Å²) in [6.45, 7) is 3.64. The number of aromatic amines is 1. The van der Waals surface area contributed by atoms with E-state index in [0.717, 1.165) is 26.3 Å². The van der Waals surface area contributed by atoms with Crippen LogP contribution < -0.4 is 4.90 Å². The van der Waals surface area contributed by atoms with Crippen LogP contribution in [0, 0.1) is 0 Å². The average Bonchev–Trinajstić information content (AvgIpc) is 2.74. The Balaban J connectivity index is 1.87. The van der Waals surface area contributed by atoms with E-state index >= 15 is 0 Å². The molecular weight excluding hydrogens is 190 g/mol. The van der Waals surface area contributed by atoms with Crippen LogP contribution in [0.5, 0.6) is 0 Å². The Labute approximate surface area is 89.6 Å². The fourth-order valence-electron chi connectivity index (χ4n) is 2.50. The molecule has 0 bridgehead atoms. The lowest BCUT2D eigenvalue weighted by Crippen LogP contribution is -2.37. The predicted octanol–water partition coefficient (Wildman–Crippen LogP) is 1.13. The standard InChI is InChI=1S/C11H17N3O/c1-2-4-10-9(3-1)11(13-12-10)14-5-7-15-8-6-14/h1-8H2,(H,12,13). The second kappa shape index (κ2) is 3.85. The summed E-state index contributed by atoms with van der Waals surface area (Å²) in [6, 6.07) is 0. The minimum absolute atomic E-state index is 0.835. The molecule has 4 nitrogen and oxygen atoms in total. The molecule has 3 rings (SSSR count). The molecule has 0 radical (unpaired) electrons. The molecule has 0 saturated carbocycles. The Hall–Kier alpha value is -1.03. The Bertz CT molecular complexity index is 342. The van der Waals surface area contributed by atoms with Crippen LogP contribution in [0.25, 0.3) is 0 Å².